The number of pyridine rings is 1. The van der Waals surface area contributed by atoms with Crippen molar-refractivity contribution in [3.63, 3.8) is 0 Å². The number of ether oxygens (including phenoxy) is 3. The minimum absolute atomic E-state index is 0.0454. The van der Waals surface area contributed by atoms with Gasteiger partial charge >= 0.3 is 5.97 Å². The molecule has 5 heterocycles. The Hall–Kier alpha value is -3.02. The molecule has 3 aliphatic rings. The normalized spacial score (nSPS) is 19.0. The zero-order valence-electron chi connectivity index (χ0n) is 23.5. The number of piperidine rings is 1. The number of hydrogen-bond donors (Lipinski definition) is 0. The standard InChI is InChI=1S/C30H34Cl2N6O4/c1-40-29(39)21-2-4-36(5-3-21)17-20-10-27(22-12-23(31)14-24(32)13-22)35-28(11-20)42-26-15-33-30(34-16-26)38-8-6-37(7-9-38)25-18-41-19-25/h10-16,21,25H,2-9,17-19H2,1H3. The summed E-state index contributed by atoms with van der Waals surface area (Å²) in [6.07, 6.45) is 4.92. The summed E-state index contributed by atoms with van der Waals surface area (Å²) >= 11 is 12.6. The van der Waals surface area contributed by atoms with Crippen molar-refractivity contribution < 1.29 is 19.0 Å². The highest BCUT2D eigenvalue weighted by molar-refractivity contribution is 6.35. The monoisotopic (exact) mass is 612 g/mol. The van der Waals surface area contributed by atoms with Crippen LogP contribution in [-0.2, 0) is 20.8 Å². The Morgan fingerprint density at radius 1 is 0.952 bits per heavy atom. The molecule has 12 heteroatoms. The number of carbonyl (C=O) groups excluding carboxylic acids is 1. The summed E-state index contributed by atoms with van der Waals surface area (Å²) in [4.78, 5) is 32.9. The maximum Gasteiger partial charge on any atom is 0.308 e. The molecule has 3 saturated heterocycles. The number of hydrogen-bond acceptors (Lipinski definition) is 10. The van der Waals surface area contributed by atoms with Crippen LogP contribution in [0.2, 0.25) is 10.0 Å². The summed E-state index contributed by atoms with van der Waals surface area (Å²) in [5, 5.41) is 1.06. The number of esters is 1. The van der Waals surface area contributed by atoms with Gasteiger partial charge in [-0.15, -0.1) is 0 Å². The van der Waals surface area contributed by atoms with Crippen molar-refractivity contribution in [3.8, 4) is 22.9 Å². The number of methoxy groups -OCH3 is 1. The van der Waals surface area contributed by atoms with Gasteiger partial charge in [0.2, 0.25) is 11.8 Å². The quantitative estimate of drug-likeness (QED) is 0.337. The van der Waals surface area contributed by atoms with E-state index in [9.17, 15) is 4.79 Å². The lowest BCUT2D eigenvalue weighted by molar-refractivity contribution is -0.147. The van der Waals surface area contributed by atoms with Gasteiger partial charge < -0.3 is 19.1 Å². The summed E-state index contributed by atoms with van der Waals surface area (Å²) in [5.74, 6) is 1.45. The number of rotatable bonds is 8. The van der Waals surface area contributed by atoms with Crippen LogP contribution >= 0.6 is 23.2 Å². The highest BCUT2D eigenvalue weighted by Crippen LogP contribution is 2.31. The second kappa shape index (κ2) is 13.1. The van der Waals surface area contributed by atoms with E-state index >= 15 is 0 Å². The van der Waals surface area contributed by atoms with Crippen LogP contribution in [0.25, 0.3) is 11.3 Å². The number of aromatic nitrogens is 3. The highest BCUT2D eigenvalue weighted by atomic mass is 35.5. The van der Waals surface area contributed by atoms with Crippen molar-refractivity contribution in [3.05, 3.63) is 58.3 Å². The van der Waals surface area contributed by atoms with Crippen molar-refractivity contribution in [1.29, 1.82) is 0 Å². The molecule has 42 heavy (non-hydrogen) atoms. The predicted molar refractivity (Wildman–Crippen MR) is 160 cm³/mol. The van der Waals surface area contributed by atoms with E-state index in [1.165, 1.54) is 7.11 Å². The molecule has 3 aliphatic heterocycles. The Morgan fingerprint density at radius 3 is 2.26 bits per heavy atom. The Kier molecular flexibility index (Phi) is 9.06. The zero-order chi connectivity index (χ0) is 29.1. The Labute approximate surface area is 255 Å². The van der Waals surface area contributed by atoms with E-state index in [0.717, 1.165) is 76.5 Å². The third kappa shape index (κ3) is 6.95. The van der Waals surface area contributed by atoms with E-state index in [0.29, 0.717) is 45.9 Å². The molecule has 2 aromatic heterocycles. The van der Waals surface area contributed by atoms with Crippen molar-refractivity contribution in [1.82, 2.24) is 24.8 Å². The van der Waals surface area contributed by atoms with E-state index in [1.54, 1.807) is 18.5 Å². The molecule has 0 radical (unpaired) electrons. The maximum atomic E-state index is 12.0. The lowest BCUT2D eigenvalue weighted by Gasteiger charge is -2.42. The Balaban J connectivity index is 1.17. The van der Waals surface area contributed by atoms with Crippen LogP contribution in [-0.4, -0.2) is 96.4 Å². The van der Waals surface area contributed by atoms with Gasteiger partial charge in [0.1, 0.15) is 0 Å². The number of likely N-dealkylation sites (tertiary alicyclic amines) is 1. The molecule has 0 saturated carbocycles. The Bertz CT molecular complexity index is 1370. The largest absolute Gasteiger partial charge is 0.469 e. The van der Waals surface area contributed by atoms with Gasteiger partial charge in [0.25, 0.3) is 0 Å². The van der Waals surface area contributed by atoms with E-state index in [2.05, 4.69) is 24.7 Å². The van der Waals surface area contributed by atoms with E-state index in [1.807, 2.05) is 24.3 Å². The molecule has 0 unspecified atom stereocenters. The number of carbonyl (C=O) groups is 1. The number of piperazine rings is 1. The van der Waals surface area contributed by atoms with Crippen LogP contribution in [0.15, 0.2) is 42.7 Å². The molecule has 0 bridgehead atoms. The first-order valence-corrected chi connectivity index (χ1v) is 15.0. The zero-order valence-corrected chi connectivity index (χ0v) is 25.1. The number of anilines is 1. The summed E-state index contributed by atoms with van der Waals surface area (Å²) in [7, 11) is 1.45. The lowest BCUT2D eigenvalue weighted by atomic mass is 9.96. The van der Waals surface area contributed by atoms with Gasteiger partial charge in [0.15, 0.2) is 5.75 Å². The molecular weight excluding hydrogens is 579 g/mol. The molecule has 222 valence electrons. The number of nitrogens with zero attached hydrogens (tertiary/aromatic N) is 6. The smallest absolute Gasteiger partial charge is 0.308 e. The average Bonchev–Trinajstić information content (AvgIpc) is 2.96. The molecule has 0 amide bonds. The van der Waals surface area contributed by atoms with Gasteiger partial charge in [-0.2, -0.15) is 0 Å². The van der Waals surface area contributed by atoms with Crippen LogP contribution in [0.3, 0.4) is 0 Å². The molecule has 0 atom stereocenters. The molecule has 1 aromatic carbocycles. The molecule has 0 N–H and O–H groups in total. The first-order chi connectivity index (χ1) is 20.4. The van der Waals surface area contributed by atoms with Gasteiger partial charge in [0.05, 0.1) is 50.4 Å². The predicted octanol–water partition coefficient (Wildman–Crippen LogP) is 4.54. The fraction of sp³-hybridized carbons (Fsp3) is 0.467. The van der Waals surface area contributed by atoms with E-state index < -0.39 is 0 Å². The van der Waals surface area contributed by atoms with Crippen LogP contribution in [0, 0.1) is 5.92 Å². The molecule has 3 aromatic rings. The topological polar surface area (TPSA) is 93.2 Å². The fourth-order valence-electron chi connectivity index (χ4n) is 5.67. The van der Waals surface area contributed by atoms with Crippen LogP contribution < -0.4 is 9.64 Å². The maximum absolute atomic E-state index is 12.0. The molecule has 10 nitrogen and oxygen atoms in total. The fourth-order valence-corrected chi connectivity index (χ4v) is 6.20. The number of halogens is 2. The molecule has 0 spiro atoms. The first-order valence-electron chi connectivity index (χ1n) is 14.3. The summed E-state index contributed by atoms with van der Waals surface area (Å²) in [6.45, 7) is 7.65. The highest BCUT2D eigenvalue weighted by Gasteiger charge is 2.29. The van der Waals surface area contributed by atoms with Crippen molar-refractivity contribution in [2.75, 3.05) is 64.5 Å². The second-order valence-electron chi connectivity index (χ2n) is 11.0. The van der Waals surface area contributed by atoms with Crippen LogP contribution in [0.1, 0.15) is 18.4 Å². The summed E-state index contributed by atoms with van der Waals surface area (Å²) < 4.78 is 16.5. The van der Waals surface area contributed by atoms with Gasteiger partial charge in [-0.1, -0.05) is 23.2 Å². The first kappa shape index (κ1) is 29.1. The van der Waals surface area contributed by atoms with Gasteiger partial charge in [-0.25, -0.2) is 15.0 Å². The minimum Gasteiger partial charge on any atom is -0.469 e. The number of benzene rings is 1. The summed E-state index contributed by atoms with van der Waals surface area (Å²) in [5.41, 5.74) is 2.52. The van der Waals surface area contributed by atoms with E-state index in [-0.39, 0.29) is 11.9 Å². The third-order valence-electron chi connectivity index (χ3n) is 8.12. The molecule has 6 rings (SSSR count). The van der Waals surface area contributed by atoms with Crippen LogP contribution in [0.5, 0.6) is 11.6 Å². The van der Waals surface area contributed by atoms with Crippen molar-refractivity contribution in [2.45, 2.75) is 25.4 Å². The SMILES string of the molecule is COC(=O)C1CCN(Cc2cc(Oc3cnc(N4CCN(C5COC5)CC4)nc3)nc(-c3cc(Cl)cc(Cl)c3)c2)CC1. The average molecular weight is 614 g/mol. The van der Waals surface area contributed by atoms with Gasteiger partial charge in [-0.3, -0.25) is 14.6 Å². The van der Waals surface area contributed by atoms with Gasteiger partial charge in [-0.05, 0) is 55.8 Å². The Morgan fingerprint density at radius 2 is 1.64 bits per heavy atom. The summed E-state index contributed by atoms with van der Waals surface area (Å²) in [6, 6.07) is 9.86. The molecule has 3 fully saturated rings. The second-order valence-corrected chi connectivity index (χ2v) is 11.8. The van der Waals surface area contributed by atoms with Crippen LogP contribution in [0.4, 0.5) is 5.95 Å². The lowest BCUT2D eigenvalue weighted by Crippen LogP contribution is -2.56. The van der Waals surface area contributed by atoms with Gasteiger partial charge in [0, 0.05) is 54.4 Å². The minimum atomic E-state index is -0.131. The molecular formula is C30H34Cl2N6O4. The molecule has 0 aliphatic carbocycles. The van der Waals surface area contributed by atoms with Crippen molar-refractivity contribution >= 4 is 35.1 Å². The van der Waals surface area contributed by atoms with E-state index in [4.69, 9.17) is 42.4 Å². The third-order valence-corrected chi connectivity index (χ3v) is 8.56. The van der Waals surface area contributed by atoms with Crippen molar-refractivity contribution in [2.24, 2.45) is 5.92 Å².